The summed E-state index contributed by atoms with van der Waals surface area (Å²) in [6.45, 7) is 1.79. The van der Waals surface area contributed by atoms with Crippen molar-refractivity contribution in [2.24, 2.45) is 0 Å². The monoisotopic (exact) mass is 319 g/mol. The Kier molecular flexibility index (Phi) is 3.53. The van der Waals surface area contributed by atoms with Crippen molar-refractivity contribution in [2.75, 3.05) is 7.05 Å². The Balaban J connectivity index is 1.97. The number of allylic oxidation sites excluding steroid dienone is 2. The minimum absolute atomic E-state index is 0.111. The molecule has 0 bridgehead atoms. The van der Waals surface area contributed by atoms with Crippen LogP contribution >= 0.6 is 11.6 Å². The zero-order valence-corrected chi connectivity index (χ0v) is 13.5. The van der Waals surface area contributed by atoms with Crippen LogP contribution in [0.5, 0.6) is 0 Å². The molecule has 0 aromatic rings. The Hall–Kier alpha value is -1.80. The van der Waals surface area contributed by atoms with E-state index < -0.39 is 5.54 Å². The number of halogens is 1. The van der Waals surface area contributed by atoms with Crippen LogP contribution in [0.2, 0.25) is 0 Å². The van der Waals surface area contributed by atoms with Gasteiger partial charge in [0, 0.05) is 7.05 Å². The number of nitrogens with zero attached hydrogens (tertiary/aromatic N) is 3. The van der Waals surface area contributed by atoms with Crippen LogP contribution in [0.15, 0.2) is 22.3 Å². The van der Waals surface area contributed by atoms with Gasteiger partial charge in [-0.05, 0) is 31.8 Å². The molecule has 2 fully saturated rings. The second kappa shape index (κ2) is 5.13. The molecule has 1 heterocycles. The van der Waals surface area contributed by atoms with Gasteiger partial charge in [0.1, 0.15) is 11.6 Å². The Morgan fingerprint density at radius 1 is 1.36 bits per heavy atom. The molecule has 22 heavy (non-hydrogen) atoms. The predicted molar refractivity (Wildman–Crippen MR) is 81.9 cm³/mol. The summed E-state index contributed by atoms with van der Waals surface area (Å²) < 4.78 is 0. The minimum Gasteiger partial charge on any atom is -0.313 e. The fourth-order valence-corrected chi connectivity index (χ4v) is 4.08. The largest absolute Gasteiger partial charge is 0.327 e. The molecule has 3 amide bonds. The van der Waals surface area contributed by atoms with Gasteiger partial charge in [-0.2, -0.15) is 5.26 Å². The number of urea groups is 1. The highest BCUT2D eigenvalue weighted by molar-refractivity contribution is 6.33. The first-order valence-electron chi connectivity index (χ1n) is 7.52. The van der Waals surface area contributed by atoms with Crippen molar-refractivity contribution in [1.82, 2.24) is 9.80 Å². The van der Waals surface area contributed by atoms with Gasteiger partial charge in [0.15, 0.2) is 0 Å². The quantitative estimate of drug-likeness (QED) is 0.698. The smallest absolute Gasteiger partial charge is 0.313 e. The van der Waals surface area contributed by atoms with Crippen molar-refractivity contribution in [3.63, 3.8) is 0 Å². The number of imide groups is 1. The third kappa shape index (κ3) is 1.83. The standard InChI is InChI=1S/C16H18ClN3O2/c1-10-12(6-5-11(9-18)13(10)17)20-14(21)16(7-3-4-8-16)19(2)15(20)22/h5,12H,3-4,6-8H2,1-2H3. The van der Waals surface area contributed by atoms with Gasteiger partial charge in [-0.3, -0.25) is 9.69 Å². The molecule has 1 atom stereocenters. The summed E-state index contributed by atoms with van der Waals surface area (Å²) in [5, 5.41) is 9.41. The van der Waals surface area contributed by atoms with E-state index in [1.165, 1.54) is 4.90 Å². The Morgan fingerprint density at radius 2 is 2.00 bits per heavy atom. The van der Waals surface area contributed by atoms with E-state index >= 15 is 0 Å². The minimum atomic E-state index is -0.664. The summed E-state index contributed by atoms with van der Waals surface area (Å²) in [6, 6.07) is 1.41. The lowest BCUT2D eigenvalue weighted by Crippen LogP contribution is -2.46. The van der Waals surface area contributed by atoms with Crippen molar-refractivity contribution in [2.45, 2.75) is 50.6 Å². The lowest BCUT2D eigenvalue weighted by Gasteiger charge is -2.29. The van der Waals surface area contributed by atoms with E-state index in [1.807, 2.05) is 6.07 Å². The predicted octanol–water partition coefficient (Wildman–Crippen LogP) is 2.93. The SMILES string of the molecule is CC1=C(Cl)C(C#N)=CCC1N1C(=O)N(C)C2(CCCC2)C1=O. The molecule has 0 aromatic heterocycles. The van der Waals surface area contributed by atoms with E-state index in [4.69, 9.17) is 16.9 Å². The molecule has 0 aromatic carbocycles. The van der Waals surface area contributed by atoms with Gasteiger partial charge in [-0.1, -0.05) is 30.5 Å². The summed E-state index contributed by atoms with van der Waals surface area (Å²) in [4.78, 5) is 28.6. The van der Waals surface area contributed by atoms with Crippen LogP contribution in [0.4, 0.5) is 4.79 Å². The summed E-state index contributed by atoms with van der Waals surface area (Å²) in [5.41, 5.74) is 0.465. The molecule has 3 aliphatic rings. The van der Waals surface area contributed by atoms with Crippen molar-refractivity contribution in [3.8, 4) is 6.07 Å². The molecule has 0 radical (unpaired) electrons. The molecule has 1 aliphatic heterocycles. The summed E-state index contributed by atoms with van der Waals surface area (Å²) in [5.74, 6) is -0.111. The normalized spacial score (nSPS) is 27.7. The fourth-order valence-electron chi connectivity index (χ4n) is 3.83. The van der Waals surface area contributed by atoms with Crippen molar-refractivity contribution in [1.29, 1.82) is 5.26 Å². The molecule has 3 rings (SSSR count). The molecule has 6 heteroatoms. The summed E-state index contributed by atoms with van der Waals surface area (Å²) in [6.07, 6.45) is 5.55. The molecule has 2 aliphatic carbocycles. The number of hydrogen-bond acceptors (Lipinski definition) is 3. The topological polar surface area (TPSA) is 64.4 Å². The van der Waals surface area contributed by atoms with Gasteiger partial charge in [0.05, 0.1) is 16.6 Å². The number of amides is 3. The highest BCUT2D eigenvalue weighted by atomic mass is 35.5. The maximum absolute atomic E-state index is 13.0. The summed E-state index contributed by atoms with van der Waals surface area (Å²) in [7, 11) is 1.71. The van der Waals surface area contributed by atoms with Crippen molar-refractivity contribution in [3.05, 3.63) is 22.3 Å². The Bertz CT molecular complexity index is 653. The Morgan fingerprint density at radius 3 is 2.59 bits per heavy atom. The van der Waals surface area contributed by atoms with Crippen LogP contribution in [-0.4, -0.2) is 40.4 Å². The van der Waals surface area contributed by atoms with Gasteiger partial charge < -0.3 is 4.90 Å². The first kappa shape index (κ1) is 15.1. The summed E-state index contributed by atoms with van der Waals surface area (Å²) >= 11 is 6.22. The van der Waals surface area contributed by atoms with E-state index in [0.29, 0.717) is 22.6 Å². The molecule has 116 valence electrons. The first-order valence-corrected chi connectivity index (χ1v) is 7.90. The van der Waals surface area contributed by atoms with Crippen molar-refractivity contribution >= 4 is 23.5 Å². The maximum Gasteiger partial charge on any atom is 0.327 e. The van der Waals surface area contributed by atoms with Crippen LogP contribution in [-0.2, 0) is 4.79 Å². The van der Waals surface area contributed by atoms with Gasteiger partial charge in [-0.15, -0.1) is 0 Å². The van der Waals surface area contributed by atoms with E-state index in [9.17, 15) is 9.59 Å². The molecule has 1 saturated carbocycles. The molecule has 0 N–H and O–H groups in total. The zero-order chi connectivity index (χ0) is 16.1. The van der Waals surface area contributed by atoms with Crippen LogP contribution < -0.4 is 0 Å². The average Bonchev–Trinajstić information content (AvgIpc) is 3.06. The number of carbonyl (C=O) groups is 2. The average molecular weight is 320 g/mol. The van der Waals surface area contributed by atoms with Gasteiger partial charge in [0.2, 0.25) is 0 Å². The van der Waals surface area contributed by atoms with Gasteiger partial charge in [0.25, 0.3) is 5.91 Å². The van der Waals surface area contributed by atoms with E-state index in [2.05, 4.69) is 0 Å². The van der Waals surface area contributed by atoms with E-state index in [-0.39, 0.29) is 18.0 Å². The van der Waals surface area contributed by atoms with Crippen molar-refractivity contribution < 1.29 is 9.59 Å². The highest BCUT2D eigenvalue weighted by Crippen LogP contribution is 2.43. The van der Waals surface area contributed by atoms with E-state index in [0.717, 1.165) is 25.7 Å². The second-order valence-corrected chi connectivity index (χ2v) is 6.61. The molecule has 1 spiro atoms. The van der Waals surface area contributed by atoms with E-state index in [1.54, 1.807) is 24.9 Å². The third-order valence-electron chi connectivity index (χ3n) is 5.24. The molecule has 5 nitrogen and oxygen atoms in total. The number of hydrogen-bond donors (Lipinski definition) is 0. The fraction of sp³-hybridized carbons (Fsp3) is 0.562. The zero-order valence-electron chi connectivity index (χ0n) is 12.7. The number of carbonyl (C=O) groups excluding carboxylic acids is 2. The maximum atomic E-state index is 13.0. The van der Waals surface area contributed by atoms with Crippen LogP contribution in [0, 0.1) is 11.3 Å². The molecule has 1 saturated heterocycles. The Labute approximate surface area is 134 Å². The van der Waals surface area contributed by atoms with Gasteiger partial charge >= 0.3 is 6.03 Å². The number of likely N-dealkylation sites (N-methyl/N-ethyl adjacent to an activating group) is 1. The lowest BCUT2D eigenvalue weighted by molar-refractivity contribution is -0.133. The number of rotatable bonds is 1. The third-order valence-corrected chi connectivity index (χ3v) is 5.74. The molecular weight excluding hydrogens is 302 g/mol. The lowest BCUT2D eigenvalue weighted by atomic mass is 9.92. The molecular formula is C16H18ClN3O2. The number of nitriles is 1. The second-order valence-electron chi connectivity index (χ2n) is 6.23. The van der Waals surface area contributed by atoms with Crippen LogP contribution in [0.3, 0.4) is 0 Å². The molecule has 1 unspecified atom stereocenters. The first-order chi connectivity index (χ1) is 10.4. The van der Waals surface area contributed by atoms with Crippen LogP contribution in [0.25, 0.3) is 0 Å². The van der Waals surface area contributed by atoms with Gasteiger partial charge in [-0.25, -0.2) is 4.79 Å². The van der Waals surface area contributed by atoms with Crippen LogP contribution in [0.1, 0.15) is 39.0 Å². The highest BCUT2D eigenvalue weighted by Gasteiger charge is 2.58.